The van der Waals surface area contributed by atoms with Crippen LogP contribution >= 0.6 is 0 Å². The van der Waals surface area contributed by atoms with E-state index in [1.165, 1.54) is 12.1 Å². The molecule has 1 aromatic heterocycles. The summed E-state index contributed by atoms with van der Waals surface area (Å²) in [7, 11) is 0. The number of amides is 1. The molecule has 4 rings (SSSR count). The molecule has 2 heterocycles. The van der Waals surface area contributed by atoms with E-state index in [2.05, 4.69) is 5.32 Å². The molecule has 4 nitrogen and oxygen atoms in total. The minimum atomic E-state index is -0.548. The van der Waals surface area contributed by atoms with Gasteiger partial charge in [0.05, 0.1) is 11.8 Å². The van der Waals surface area contributed by atoms with E-state index in [1.807, 2.05) is 18.2 Å². The number of halogens is 1. The third-order valence-electron chi connectivity index (χ3n) is 5.12. The van der Waals surface area contributed by atoms with E-state index < -0.39 is 5.54 Å². The molecule has 2 aromatic rings. The molecule has 1 amide bonds. The first-order chi connectivity index (χ1) is 11.7. The van der Waals surface area contributed by atoms with Gasteiger partial charge < -0.3 is 14.5 Å². The minimum Gasteiger partial charge on any atom is -0.469 e. The summed E-state index contributed by atoms with van der Waals surface area (Å²) in [6.07, 6.45) is 3.74. The Morgan fingerprint density at radius 2 is 2.04 bits per heavy atom. The number of carbonyl (C=O) groups excluding carboxylic acids is 1. The average Bonchev–Trinajstić information content (AvgIpc) is 3.21. The summed E-state index contributed by atoms with van der Waals surface area (Å²) in [5.74, 6) is 0.686. The van der Waals surface area contributed by atoms with E-state index in [-0.39, 0.29) is 23.6 Å². The van der Waals surface area contributed by atoms with Gasteiger partial charge in [0.15, 0.2) is 0 Å². The van der Waals surface area contributed by atoms with E-state index in [0.717, 1.165) is 17.7 Å². The maximum absolute atomic E-state index is 13.7. The zero-order valence-corrected chi connectivity index (χ0v) is 13.3. The number of carbonyl (C=O) groups is 1. The topological polar surface area (TPSA) is 51.5 Å². The maximum atomic E-state index is 13.7. The van der Waals surface area contributed by atoms with Gasteiger partial charge >= 0.3 is 0 Å². The number of nitrogens with one attached hydrogen (secondary N) is 1. The largest absolute Gasteiger partial charge is 0.469 e. The lowest BCUT2D eigenvalue weighted by atomic mass is 9.82. The molecule has 1 N–H and O–H groups in total. The highest BCUT2D eigenvalue weighted by molar-refractivity contribution is 5.83. The molecule has 1 saturated carbocycles. The van der Waals surface area contributed by atoms with Crippen LogP contribution in [0.25, 0.3) is 0 Å². The van der Waals surface area contributed by atoms with Crippen molar-refractivity contribution in [3.8, 4) is 0 Å². The minimum absolute atomic E-state index is 0.0163. The van der Waals surface area contributed by atoms with Crippen LogP contribution in [0, 0.1) is 11.7 Å². The van der Waals surface area contributed by atoms with Crippen molar-refractivity contribution in [3.63, 3.8) is 0 Å². The lowest BCUT2D eigenvalue weighted by molar-refractivity contribution is -0.126. The molecule has 1 aromatic carbocycles. The Kier molecular flexibility index (Phi) is 3.88. The van der Waals surface area contributed by atoms with Crippen LogP contribution in [0.15, 0.2) is 47.1 Å². The van der Waals surface area contributed by atoms with E-state index >= 15 is 0 Å². The van der Waals surface area contributed by atoms with Crippen molar-refractivity contribution >= 4 is 5.91 Å². The van der Waals surface area contributed by atoms with Gasteiger partial charge in [-0.15, -0.1) is 0 Å². The Morgan fingerprint density at radius 1 is 1.21 bits per heavy atom. The van der Waals surface area contributed by atoms with Crippen molar-refractivity contribution < 1.29 is 18.3 Å². The maximum Gasteiger partial charge on any atom is 0.224 e. The number of hydrogen-bond acceptors (Lipinski definition) is 3. The van der Waals surface area contributed by atoms with E-state index in [4.69, 9.17) is 9.15 Å². The zero-order chi connectivity index (χ0) is 16.6. The van der Waals surface area contributed by atoms with Crippen LogP contribution < -0.4 is 5.32 Å². The Balaban J connectivity index is 1.53. The monoisotopic (exact) mass is 329 g/mol. The van der Waals surface area contributed by atoms with E-state index in [1.54, 1.807) is 12.3 Å². The van der Waals surface area contributed by atoms with Crippen LogP contribution in [0.1, 0.15) is 36.5 Å². The SMILES string of the molecule is O=C(NC1(c2cccc(F)c2)CCOCC1)[C@H]1C[C@H]1c1ccco1. The Labute approximate surface area is 140 Å². The molecule has 0 unspecified atom stereocenters. The lowest BCUT2D eigenvalue weighted by Crippen LogP contribution is -2.50. The molecule has 24 heavy (non-hydrogen) atoms. The molecular formula is C19H20FNO3. The molecule has 126 valence electrons. The fourth-order valence-corrected chi connectivity index (χ4v) is 3.62. The summed E-state index contributed by atoms with van der Waals surface area (Å²) in [6.45, 7) is 1.12. The second kappa shape index (κ2) is 6.06. The number of benzene rings is 1. The van der Waals surface area contributed by atoms with Gasteiger partial charge in [-0.05, 0) is 49.1 Å². The Bertz CT molecular complexity index is 722. The van der Waals surface area contributed by atoms with E-state index in [0.29, 0.717) is 26.1 Å². The zero-order valence-electron chi connectivity index (χ0n) is 13.3. The number of rotatable bonds is 4. The van der Waals surface area contributed by atoms with Gasteiger partial charge in [-0.2, -0.15) is 0 Å². The van der Waals surface area contributed by atoms with Crippen molar-refractivity contribution in [1.29, 1.82) is 0 Å². The first-order valence-corrected chi connectivity index (χ1v) is 8.37. The molecule has 5 heteroatoms. The second-order valence-corrected chi connectivity index (χ2v) is 6.66. The third kappa shape index (κ3) is 2.84. The van der Waals surface area contributed by atoms with Gasteiger partial charge in [0.2, 0.25) is 5.91 Å². The van der Waals surface area contributed by atoms with Crippen molar-refractivity contribution in [2.75, 3.05) is 13.2 Å². The molecule has 0 spiro atoms. The van der Waals surface area contributed by atoms with Crippen LogP contribution in [0.5, 0.6) is 0 Å². The Morgan fingerprint density at radius 3 is 2.75 bits per heavy atom. The second-order valence-electron chi connectivity index (χ2n) is 6.66. The van der Waals surface area contributed by atoms with E-state index in [9.17, 15) is 9.18 Å². The number of hydrogen-bond donors (Lipinski definition) is 1. The fourth-order valence-electron chi connectivity index (χ4n) is 3.62. The van der Waals surface area contributed by atoms with Crippen molar-refractivity contribution in [2.24, 2.45) is 5.92 Å². The van der Waals surface area contributed by atoms with Gasteiger partial charge in [0.25, 0.3) is 0 Å². The highest BCUT2D eigenvalue weighted by atomic mass is 19.1. The van der Waals surface area contributed by atoms with Crippen LogP contribution in [0.2, 0.25) is 0 Å². The molecule has 1 aliphatic heterocycles. The standard InChI is InChI=1S/C19H20FNO3/c20-14-4-1-3-13(11-14)19(6-9-23-10-7-19)21-18(22)16-12-15(16)17-5-2-8-24-17/h1-5,8,11,15-16H,6-7,9-10,12H2,(H,21,22)/t15-,16+/m1/s1. The smallest absolute Gasteiger partial charge is 0.224 e. The van der Waals surface area contributed by atoms with Gasteiger partial charge in [0.1, 0.15) is 11.6 Å². The quantitative estimate of drug-likeness (QED) is 0.936. The summed E-state index contributed by atoms with van der Waals surface area (Å²) in [4.78, 5) is 12.8. The summed E-state index contributed by atoms with van der Waals surface area (Å²) < 4.78 is 24.5. The highest BCUT2D eigenvalue weighted by Gasteiger charge is 2.48. The summed E-state index contributed by atoms with van der Waals surface area (Å²) >= 11 is 0. The first-order valence-electron chi connectivity index (χ1n) is 8.37. The molecule has 0 radical (unpaired) electrons. The molecule has 2 aliphatic rings. The molecule has 1 aliphatic carbocycles. The Hall–Kier alpha value is -2.14. The van der Waals surface area contributed by atoms with Gasteiger partial charge in [0, 0.05) is 25.0 Å². The van der Waals surface area contributed by atoms with Gasteiger partial charge in [-0.25, -0.2) is 4.39 Å². The number of furan rings is 1. The van der Waals surface area contributed by atoms with Crippen molar-refractivity contribution in [1.82, 2.24) is 5.32 Å². The summed E-state index contributed by atoms with van der Waals surface area (Å²) in [6, 6.07) is 10.3. The van der Waals surface area contributed by atoms with Gasteiger partial charge in [-0.1, -0.05) is 12.1 Å². The highest BCUT2D eigenvalue weighted by Crippen LogP contribution is 2.48. The first kappa shape index (κ1) is 15.4. The molecule has 2 fully saturated rings. The van der Waals surface area contributed by atoms with Crippen LogP contribution in [-0.2, 0) is 15.1 Å². The predicted molar refractivity (Wildman–Crippen MR) is 85.8 cm³/mol. The van der Waals surface area contributed by atoms with Crippen LogP contribution in [0.4, 0.5) is 4.39 Å². The fraction of sp³-hybridized carbons (Fsp3) is 0.421. The van der Waals surface area contributed by atoms with Gasteiger partial charge in [-0.3, -0.25) is 4.79 Å². The van der Waals surface area contributed by atoms with Crippen LogP contribution in [-0.4, -0.2) is 19.1 Å². The third-order valence-corrected chi connectivity index (χ3v) is 5.12. The van der Waals surface area contributed by atoms with Crippen LogP contribution in [0.3, 0.4) is 0 Å². The lowest BCUT2D eigenvalue weighted by Gasteiger charge is -2.38. The number of ether oxygens (including phenoxy) is 1. The normalized spacial score (nSPS) is 25.2. The molecule has 0 bridgehead atoms. The molecule has 2 atom stereocenters. The molecule has 1 saturated heterocycles. The summed E-state index contributed by atoms with van der Waals surface area (Å²) in [5.41, 5.74) is 0.266. The summed E-state index contributed by atoms with van der Waals surface area (Å²) in [5, 5.41) is 3.20. The molecular weight excluding hydrogens is 309 g/mol. The predicted octanol–water partition coefficient (Wildman–Crippen LogP) is 3.34. The van der Waals surface area contributed by atoms with Crippen molar-refractivity contribution in [2.45, 2.75) is 30.7 Å². The van der Waals surface area contributed by atoms with Crippen molar-refractivity contribution in [3.05, 3.63) is 59.8 Å². The average molecular weight is 329 g/mol.